The number of carbonyl (C=O) groups is 1. The number of thioether (sulfide) groups is 1. The van der Waals surface area contributed by atoms with Gasteiger partial charge in [-0.05, 0) is 23.8 Å². The predicted molar refractivity (Wildman–Crippen MR) is 100.0 cm³/mol. The molecule has 0 aliphatic heterocycles. The molecular weight excluding hydrogens is 393 g/mol. The molecule has 1 aromatic heterocycles. The summed E-state index contributed by atoms with van der Waals surface area (Å²) < 4.78 is 41.4. The van der Waals surface area contributed by atoms with Crippen LogP contribution in [0.3, 0.4) is 0 Å². The van der Waals surface area contributed by atoms with Gasteiger partial charge in [0.05, 0.1) is 12.1 Å². The van der Waals surface area contributed by atoms with Gasteiger partial charge in [-0.1, -0.05) is 36.0 Å². The van der Waals surface area contributed by atoms with Crippen LogP contribution >= 0.6 is 23.1 Å². The zero-order valence-corrected chi connectivity index (χ0v) is 15.7. The number of amides is 1. The highest BCUT2D eigenvalue weighted by Gasteiger charge is 2.12. The van der Waals surface area contributed by atoms with Gasteiger partial charge in [0.25, 0.3) is 0 Å². The summed E-state index contributed by atoms with van der Waals surface area (Å²) in [4.78, 5) is 16.3. The third-order valence-corrected chi connectivity index (χ3v) is 5.82. The first kappa shape index (κ1) is 19.4. The Balaban J connectivity index is 1.51. The molecule has 1 N–H and O–H groups in total. The van der Waals surface area contributed by atoms with E-state index in [0.717, 1.165) is 16.5 Å². The van der Waals surface area contributed by atoms with E-state index in [1.807, 2.05) is 0 Å². The van der Waals surface area contributed by atoms with Crippen molar-refractivity contribution in [1.29, 1.82) is 0 Å². The lowest BCUT2D eigenvalue weighted by atomic mass is 10.2. The standard InChI is InChI=1S/C19H15F3N2OS2/c20-15-5-2-1-4-12(15)10-26-19-24-13(11-27-19)8-18(25)23-9-14-16(21)6-3-7-17(14)22/h1-7,11H,8-10H2,(H,23,25). The minimum absolute atomic E-state index is 0.00678. The second kappa shape index (κ2) is 9.05. The summed E-state index contributed by atoms with van der Waals surface area (Å²) in [5.74, 6) is -1.60. The van der Waals surface area contributed by atoms with E-state index in [2.05, 4.69) is 10.3 Å². The van der Waals surface area contributed by atoms with Crippen LogP contribution in [0.5, 0.6) is 0 Å². The lowest BCUT2D eigenvalue weighted by Gasteiger charge is -2.06. The summed E-state index contributed by atoms with van der Waals surface area (Å²) in [6.07, 6.45) is 0.00678. The van der Waals surface area contributed by atoms with Crippen molar-refractivity contribution in [3.63, 3.8) is 0 Å². The second-order valence-corrected chi connectivity index (χ2v) is 7.72. The molecule has 1 amide bonds. The summed E-state index contributed by atoms with van der Waals surface area (Å²) in [5.41, 5.74) is 0.969. The Kier molecular flexibility index (Phi) is 6.52. The maximum Gasteiger partial charge on any atom is 0.226 e. The third kappa shape index (κ3) is 5.33. The number of nitrogens with zero attached hydrogens (tertiary/aromatic N) is 1. The molecule has 0 saturated heterocycles. The molecule has 3 nitrogen and oxygen atoms in total. The molecule has 0 radical (unpaired) electrons. The van der Waals surface area contributed by atoms with Crippen molar-refractivity contribution in [1.82, 2.24) is 10.3 Å². The highest BCUT2D eigenvalue weighted by Crippen LogP contribution is 2.27. The lowest BCUT2D eigenvalue weighted by Crippen LogP contribution is -2.25. The predicted octanol–water partition coefficient (Wildman–Crippen LogP) is 4.71. The molecule has 8 heteroatoms. The zero-order chi connectivity index (χ0) is 19.2. The van der Waals surface area contributed by atoms with E-state index in [4.69, 9.17) is 0 Å². The largest absolute Gasteiger partial charge is 0.351 e. The van der Waals surface area contributed by atoms with Gasteiger partial charge in [-0.3, -0.25) is 4.79 Å². The molecule has 0 unspecified atom stereocenters. The minimum Gasteiger partial charge on any atom is -0.351 e. The van der Waals surface area contributed by atoms with Gasteiger partial charge in [0, 0.05) is 23.2 Å². The topological polar surface area (TPSA) is 42.0 Å². The van der Waals surface area contributed by atoms with Crippen molar-refractivity contribution in [2.75, 3.05) is 0 Å². The van der Waals surface area contributed by atoms with Crippen molar-refractivity contribution >= 4 is 29.0 Å². The summed E-state index contributed by atoms with van der Waals surface area (Å²) in [7, 11) is 0. The lowest BCUT2D eigenvalue weighted by molar-refractivity contribution is -0.120. The molecule has 3 rings (SSSR count). The second-order valence-electron chi connectivity index (χ2n) is 5.64. The van der Waals surface area contributed by atoms with Gasteiger partial charge in [0.2, 0.25) is 5.91 Å². The molecule has 0 atom stereocenters. The number of carbonyl (C=O) groups excluding carboxylic acids is 1. The first-order valence-electron chi connectivity index (χ1n) is 8.03. The van der Waals surface area contributed by atoms with Crippen LogP contribution in [0.25, 0.3) is 0 Å². The van der Waals surface area contributed by atoms with Crippen LogP contribution in [0, 0.1) is 17.5 Å². The van der Waals surface area contributed by atoms with E-state index in [-0.39, 0.29) is 30.3 Å². The van der Waals surface area contributed by atoms with Crippen molar-refractivity contribution in [3.8, 4) is 0 Å². The SMILES string of the molecule is O=C(Cc1csc(SCc2ccccc2F)n1)NCc1c(F)cccc1F. The van der Waals surface area contributed by atoms with E-state index < -0.39 is 11.6 Å². The van der Waals surface area contributed by atoms with Gasteiger partial charge in [-0.2, -0.15) is 0 Å². The smallest absolute Gasteiger partial charge is 0.226 e. The average Bonchev–Trinajstić information content (AvgIpc) is 3.08. The summed E-state index contributed by atoms with van der Waals surface area (Å²) in [6.45, 7) is -0.226. The van der Waals surface area contributed by atoms with Crippen LogP contribution in [0.1, 0.15) is 16.8 Å². The Hall–Kier alpha value is -2.32. The number of hydrogen-bond acceptors (Lipinski definition) is 4. The molecule has 3 aromatic rings. The normalized spacial score (nSPS) is 10.8. The first-order chi connectivity index (χ1) is 13.0. The number of hydrogen-bond donors (Lipinski definition) is 1. The minimum atomic E-state index is -0.698. The van der Waals surface area contributed by atoms with E-state index in [1.54, 1.807) is 23.6 Å². The van der Waals surface area contributed by atoms with Gasteiger partial charge < -0.3 is 5.32 Å². The summed E-state index contributed by atoms with van der Waals surface area (Å²) in [6, 6.07) is 10.1. The molecule has 0 aliphatic carbocycles. The van der Waals surface area contributed by atoms with Crippen molar-refractivity contribution < 1.29 is 18.0 Å². The molecule has 0 aliphatic rings. The van der Waals surface area contributed by atoms with Gasteiger partial charge >= 0.3 is 0 Å². The van der Waals surface area contributed by atoms with Crippen molar-refractivity contribution in [2.24, 2.45) is 0 Å². The first-order valence-corrected chi connectivity index (χ1v) is 9.89. The van der Waals surface area contributed by atoms with Gasteiger partial charge in [-0.25, -0.2) is 18.2 Å². The molecular formula is C19H15F3N2OS2. The van der Waals surface area contributed by atoms with Crippen LogP contribution in [0.15, 0.2) is 52.2 Å². The van der Waals surface area contributed by atoms with Crippen molar-refractivity contribution in [3.05, 3.63) is 82.1 Å². The van der Waals surface area contributed by atoms with E-state index in [1.165, 1.54) is 35.2 Å². The van der Waals surface area contributed by atoms with Crippen LogP contribution in [-0.2, 0) is 23.5 Å². The Morgan fingerprint density at radius 3 is 2.48 bits per heavy atom. The highest BCUT2D eigenvalue weighted by atomic mass is 32.2. The number of thiazole rings is 1. The van der Waals surface area contributed by atoms with E-state index >= 15 is 0 Å². The Morgan fingerprint density at radius 1 is 1.04 bits per heavy atom. The number of aromatic nitrogens is 1. The van der Waals surface area contributed by atoms with Crippen LogP contribution in [0.2, 0.25) is 0 Å². The zero-order valence-electron chi connectivity index (χ0n) is 14.0. The number of nitrogens with one attached hydrogen (secondary N) is 1. The fourth-order valence-electron chi connectivity index (χ4n) is 2.31. The fourth-order valence-corrected chi connectivity index (χ4v) is 4.14. The molecule has 0 fully saturated rings. The van der Waals surface area contributed by atoms with E-state index in [9.17, 15) is 18.0 Å². The van der Waals surface area contributed by atoms with Crippen LogP contribution in [-0.4, -0.2) is 10.9 Å². The fraction of sp³-hybridized carbons (Fsp3) is 0.158. The molecule has 140 valence electrons. The maximum absolute atomic E-state index is 13.6. The maximum atomic E-state index is 13.6. The number of rotatable bonds is 7. The quantitative estimate of drug-likeness (QED) is 0.576. The molecule has 0 saturated carbocycles. The number of halogens is 3. The van der Waals surface area contributed by atoms with Gasteiger partial charge in [0.1, 0.15) is 21.8 Å². The monoisotopic (exact) mass is 408 g/mol. The van der Waals surface area contributed by atoms with E-state index in [0.29, 0.717) is 17.0 Å². The highest BCUT2D eigenvalue weighted by molar-refractivity contribution is 8.00. The van der Waals surface area contributed by atoms with Gasteiger partial charge in [0.15, 0.2) is 0 Å². The Labute approximate surface area is 162 Å². The summed E-state index contributed by atoms with van der Waals surface area (Å²) in [5, 5.41) is 4.24. The van der Waals surface area contributed by atoms with Crippen LogP contribution in [0.4, 0.5) is 13.2 Å². The molecule has 0 bridgehead atoms. The van der Waals surface area contributed by atoms with Gasteiger partial charge in [-0.15, -0.1) is 11.3 Å². The molecule has 2 aromatic carbocycles. The summed E-state index contributed by atoms with van der Waals surface area (Å²) >= 11 is 2.75. The molecule has 0 spiro atoms. The Bertz CT molecular complexity index is 926. The number of benzene rings is 2. The van der Waals surface area contributed by atoms with Crippen LogP contribution < -0.4 is 5.32 Å². The molecule has 27 heavy (non-hydrogen) atoms. The average molecular weight is 408 g/mol. The third-order valence-electron chi connectivity index (χ3n) is 3.71. The van der Waals surface area contributed by atoms with Crippen molar-refractivity contribution in [2.45, 2.75) is 23.1 Å². The molecule has 1 heterocycles. The Morgan fingerprint density at radius 2 is 1.74 bits per heavy atom.